The number of carbonyl (C=O) groups is 1. The molecule has 0 amide bonds. The van der Waals surface area contributed by atoms with Crippen LogP contribution in [-0.4, -0.2) is 80.6 Å². The van der Waals surface area contributed by atoms with Crippen molar-refractivity contribution in [2.45, 2.75) is 51.9 Å². The van der Waals surface area contributed by atoms with E-state index in [2.05, 4.69) is 34.8 Å². The Hall–Kier alpha value is -2.62. The highest BCUT2D eigenvalue weighted by molar-refractivity contribution is 6.01. The Morgan fingerprint density at radius 2 is 1.56 bits per heavy atom. The number of nitrogens with zero attached hydrogens (tertiary/aromatic N) is 3. The van der Waals surface area contributed by atoms with Gasteiger partial charge in [0.25, 0.3) is 0 Å². The maximum atomic E-state index is 10.4. The quantitative estimate of drug-likeness (QED) is 0.230. The van der Waals surface area contributed by atoms with Crippen LogP contribution in [-0.2, 0) is 14.3 Å². The summed E-state index contributed by atoms with van der Waals surface area (Å²) in [6.45, 7) is 7.93. The number of aliphatic carboxylic acids is 1. The van der Waals surface area contributed by atoms with E-state index in [0.29, 0.717) is 31.3 Å². The van der Waals surface area contributed by atoms with Crippen molar-refractivity contribution >= 4 is 34.1 Å². The van der Waals surface area contributed by atoms with Crippen molar-refractivity contribution in [1.29, 1.82) is 0 Å². The SMILES string of the molecule is CCCCCN(CCCCN(C)CCCOCCOCCC(=O)O)c1c(N)c(N)nc2ccccc12. The molecule has 0 radical (unpaired) electrons. The molecule has 0 saturated heterocycles. The normalized spacial score (nSPS) is 11.4. The molecule has 0 aliphatic carbocycles. The molecule has 1 aromatic carbocycles. The van der Waals surface area contributed by atoms with Gasteiger partial charge in [0.2, 0.25) is 0 Å². The summed E-state index contributed by atoms with van der Waals surface area (Å²) in [4.78, 5) is 19.6. The fourth-order valence-corrected chi connectivity index (χ4v) is 4.17. The van der Waals surface area contributed by atoms with Crippen LogP contribution in [0.4, 0.5) is 17.2 Å². The Morgan fingerprint density at radius 3 is 2.28 bits per heavy atom. The maximum absolute atomic E-state index is 10.4. The maximum Gasteiger partial charge on any atom is 0.305 e. The number of carboxylic acid groups (broad SMARTS) is 1. The van der Waals surface area contributed by atoms with Crippen LogP contribution in [0.2, 0.25) is 0 Å². The lowest BCUT2D eigenvalue weighted by Crippen LogP contribution is -2.28. The van der Waals surface area contributed by atoms with E-state index in [1.54, 1.807) is 0 Å². The van der Waals surface area contributed by atoms with E-state index >= 15 is 0 Å². The third kappa shape index (κ3) is 10.6. The predicted molar refractivity (Wildman–Crippen MR) is 148 cm³/mol. The van der Waals surface area contributed by atoms with Crippen molar-refractivity contribution in [2.75, 3.05) is 76.0 Å². The van der Waals surface area contributed by atoms with Crippen LogP contribution in [0, 0.1) is 0 Å². The Balaban J connectivity index is 1.75. The molecule has 0 aliphatic heterocycles. The Labute approximate surface area is 215 Å². The molecule has 202 valence electrons. The number of anilines is 3. The first kappa shape index (κ1) is 29.6. The van der Waals surface area contributed by atoms with Crippen LogP contribution in [0.3, 0.4) is 0 Å². The van der Waals surface area contributed by atoms with Crippen LogP contribution in [0.15, 0.2) is 24.3 Å². The van der Waals surface area contributed by atoms with E-state index in [9.17, 15) is 4.79 Å². The number of ether oxygens (including phenoxy) is 2. The number of nitrogens with two attached hydrogens (primary N) is 2. The number of aromatic nitrogens is 1. The molecule has 1 aromatic heterocycles. The van der Waals surface area contributed by atoms with Crippen LogP contribution in [0.1, 0.15) is 51.9 Å². The number of hydrogen-bond donors (Lipinski definition) is 3. The van der Waals surface area contributed by atoms with Gasteiger partial charge in [-0.25, -0.2) is 4.98 Å². The summed E-state index contributed by atoms with van der Waals surface area (Å²) in [5.74, 6) is -0.444. The average molecular weight is 504 g/mol. The Kier molecular flexibility index (Phi) is 13.9. The molecule has 0 atom stereocenters. The molecule has 36 heavy (non-hydrogen) atoms. The van der Waals surface area contributed by atoms with Gasteiger partial charge in [-0.1, -0.05) is 38.0 Å². The first-order valence-electron chi connectivity index (χ1n) is 13.2. The Bertz CT molecular complexity index is 911. The topological polar surface area (TPSA) is 127 Å². The summed E-state index contributed by atoms with van der Waals surface area (Å²) in [6.07, 6.45) is 6.63. The molecule has 0 aliphatic rings. The molecule has 2 aromatic rings. The smallest absolute Gasteiger partial charge is 0.305 e. The second-order valence-corrected chi connectivity index (χ2v) is 9.20. The van der Waals surface area contributed by atoms with E-state index in [0.717, 1.165) is 68.5 Å². The highest BCUT2D eigenvalue weighted by Crippen LogP contribution is 2.35. The molecule has 0 unspecified atom stereocenters. The largest absolute Gasteiger partial charge is 0.481 e. The minimum absolute atomic E-state index is 0.0296. The molecular weight excluding hydrogens is 458 g/mol. The van der Waals surface area contributed by atoms with Gasteiger partial charge >= 0.3 is 5.97 Å². The van der Waals surface area contributed by atoms with E-state index < -0.39 is 5.97 Å². The fourth-order valence-electron chi connectivity index (χ4n) is 4.17. The van der Waals surface area contributed by atoms with E-state index in [1.165, 1.54) is 12.8 Å². The van der Waals surface area contributed by atoms with Crippen LogP contribution in [0.5, 0.6) is 0 Å². The lowest BCUT2D eigenvalue weighted by Gasteiger charge is -2.28. The van der Waals surface area contributed by atoms with Gasteiger partial charge in [-0.05, 0) is 45.3 Å². The number of pyridine rings is 1. The first-order valence-corrected chi connectivity index (χ1v) is 13.2. The monoisotopic (exact) mass is 503 g/mol. The molecule has 9 heteroatoms. The van der Waals surface area contributed by atoms with Crippen molar-refractivity contribution in [2.24, 2.45) is 0 Å². The van der Waals surface area contributed by atoms with Gasteiger partial charge in [-0.3, -0.25) is 4.79 Å². The zero-order valence-electron chi connectivity index (χ0n) is 22.1. The number of nitrogen functional groups attached to an aromatic ring is 2. The zero-order chi connectivity index (χ0) is 26.2. The standard InChI is InChI=1S/C27H45N5O4/c1-3-4-7-16-32(26-22-11-5-6-12-23(22)30-27(29)25(26)28)17-9-8-14-31(2)15-10-18-35-20-21-36-19-13-24(33)34/h5-6,11-12H,3-4,7-10,13-21,28H2,1-2H3,(H2,29,30)(H,33,34). The molecule has 2 rings (SSSR count). The van der Waals surface area contributed by atoms with Gasteiger partial charge in [0.15, 0.2) is 0 Å². The lowest BCUT2D eigenvalue weighted by atomic mass is 10.1. The molecule has 0 spiro atoms. The summed E-state index contributed by atoms with van der Waals surface area (Å²) in [5.41, 5.74) is 15.1. The van der Waals surface area contributed by atoms with Gasteiger partial charge < -0.3 is 35.8 Å². The number of hydrogen-bond acceptors (Lipinski definition) is 8. The second kappa shape index (κ2) is 16.9. The number of rotatable bonds is 20. The molecule has 0 bridgehead atoms. The number of unbranched alkanes of at least 4 members (excludes halogenated alkanes) is 3. The first-order chi connectivity index (χ1) is 17.4. The van der Waals surface area contributed by atoms with Gasteiger partial charge in [0.1, 0.15) is 5.82 Å². The number of para-hydroxylation sites is 1. The minimum Gasteiger partial charge on any atom is -0.481 e. The summed E-state index contributed by atoms with van der Waals surface area (Å²) < 4.78 is 10.8. The summed E-state index contributed by atoms with van der Waals surface area (Å²) >= 11 is 0. The molecule has 1 heterocycles. The van der Waals surface area contributed by atoms with Crippen molar-refractivity contribution in [3.8, 4) is 0 Å². The molecule has 9 nitrogen and oxygen atoms in total. The third-order valence-corrected chi connectivity index (χ3v) is 6.16. The Morgan fingerprint density at radius 1 is 0.917 bits per heavy atom. The number of fused-ring (bicyclic) bond motifs is 1. The third-order valence-electron chi connectivity index (χ3n) is 6.16. The molecular formula is C27H45N5O4. The summed E-state index contributed by atoms with van der Waals surface area (Å²) in [7, 11) is 2.14. The highest BCUT2D eigenvalue weighted by atomic mass is 16.5. The molecule has 0 saturated carbocycles. The minimum atomic E-state index is -0.845. The van der Waals surface area contributed by atoms with Gasteiger partial charge in [0.05, 0.1) is 43.1 Å². The summed E-state index contributed by atoms with van der Waals surface area (Å²) in [6, 6.07) is 8.08. The zero-order valence-corrected chi connectivity index (χ0v) is 22.1. The second-order valence-electron chi connectivity index (χ2n) is 9.20. The van der Waals surface area contributed by atoms with Crippen molar-refractivity contribution in [3.05, 3.63) is 24.3 Å². The van der Waals surface area contributed by atoms with Gasteiger partial charge in [0, 0.05) is 31.6 Å². The van der Waals surface area contributed by atoms with E-state index in [1.807, 2.05) is 18.2 Å². The van der Waals surface area contributed by atoms with Crippen LogP contribution in [0.25, 0.3) is 10.9 Å². The van der Waals surface area contributed by atoms with Gasteiger partial charge in [-0.15, -0.1) is 0 Å². The number of carboxylic acids is 1. The summed E-state index contributed by atoms with van der Waals surface area (Å²) in [5, 5.41) is 9.63. The van der Waals surface area contributed by atoms with Crippen molar-refractivity contribution < 1.29 is 19.4 Å². The fraction of sp³-hybridized carbons (Fsp3) is 0.630. The van der Waals surface area contributed by atoms with E-state index in [-0.39, 0.29) is 13.0 Å². The highest BCUT2D eigenvalue weighted by Gasteiger charge is 2.17. The van der Waals surface area contributed by atoms with Gasteiger partial charge in [-0.2, -0.15) is 0 Å². The molecule has 5 N–H and O–H groups in total. The van der Waals surface area contributed by atoms with E-state index in [4.69, 9.17) is 26.0 Å². The number of benzene rings is 1. The van der Waals surface area contributed by atoms with Crippen LogP contribution < -0.4 is 16.4 Å². The predicted octanol–water partition coefficient (Wildman–Crippen LogP) is 4.01. The van der Waals surface area contributed by atoms with Crippen molar-refractivity contribution in [3.63, 3.8) is 0 Å². The molecule has 0 fully saturated rings. The lowest BCUT2D eigenvalue weighted by molar-refractivity contribution is -0.138. The van der Waals surface area contributed by atoms with Crippen molar-refractivity contribution in [1.82, 2.24) is 9.88 Å². The van der Waals surface area contributed by atoms with Crippen LogP contribution >= 0.6 is 0 Å². The average Bonchev–Trinajstić information content (AvgIpc) is 2.85.